The van der Waals surface area contributed by atoms with E-state index in [9.17, 15) is 8.42 Å². The van der Waals surface area contributed by atoms with E-state index >= 15 is 4.39 Å². The summed E-state index contributed by atoms with van der Waals surface area (Å²) in [6.07, 6.45) is 12.1. The van der Waals surface area contributed by atoms with Crippen LogP contribution in [-0.4, -0.2) is 50.7 Å². The maximum absolute atomic E-state index is 15.9. The Morgan fingerprint density at radius 1 is 1.21 bits per heavy atom. The molecule has 4 unspecified atom stereocenters. The van der Waals surface area contributed by atoms with E-state index in [1.54, 1.807) is 18.4 Å². The summed E-state index contributed by atoms with van der Waals surface area (Å²) in [6.45, 7) is 0.755. The van der Waals surface area contributed by atoms with Gasteiger partial charge in [0.15, 0.2) is 0 Å². The summed E-state index contributed by atoms with van der Waals surface area (Å²) in [5, 5.41) is 3.19. The van der Waals surface area contributed by atoms with Crippen LogP contribution in [0.4, 0.5) is 10.1 Å². The topological polar surface area (TPSA) is 112 Å². The lowest BCUT2D eigenvalue weighted by molar-refractivity contribution is 0.00555. The summed E-state index contributed by atoms with van der Waals surface area (Å²) in [4.78, 5) is 4.51. The SMILES string of the molecule is CS(=O)(=O)CCOCCCC1(c2ccc3c(c2)C(N)(C2=CC=CC(F)(Br)C2OCc2ccccc2)NC=N3)CC=CO1. The third-order valence-electron chi connectivity index (χ3n) is 7.69. The number of nitrogens with two attached hydrogens (primary N) is 1. The van der Waals surface area contributed by atoms with Crippen LogP contribution in [0, 0.1) is 0 Å². The number of nitrogens with one attached hydrogen (secondary N) is 1. The van der Waals surface area contributed by atoms with Gasteiger partial charge < -0.3 is 25.3 Å². The average molecular weight is 661 g/mol. The van der Waals surface area contributed by atoms with Crippen molar-refractivity contribution in [3.05, 3.63) is 101 Å². The molecule has 8 nitrogen and oxygen atoms in total. The number of nitrogens with zero attached hydrogens (tertiary/aromatic N) is 1. The molecule has 3 aliphatic rings. The lowest BCUT2D eigenvalue weighted by Gasteiger charge is -2.43. The summed E-state index contributed by atoms with van der Waals surface area (Å²) in [6, 6.07) is 15.4. The van der Waals surface area contributed by atoms with Crippen LogP contribution < -0.4 is 11.1 Å². The summed E-state index contributed by atoms with van der Waals surface area (Å²) < 4.78 is 54.7. The van der Waals surface area contributed by atoms with Gasteiger partial charge in [-0.3, -0.25) is 0 Å². The summed E-state index contributed by atoms with van der Waals surface area (Å²) in [5.74, 6) is -0.0111. The minimum Gasteiger partial charge on any atom is -0.490 e. The van der Waals surface area contributed by atoms with Gasteiger partial charge in [-0.2, -0.15) is 0 Å². The second-order valence-corrected chi connectivity index (χ2v) is 14.3. The first-order valence-electron chi connectivity index (χ1n) is 13.8. The molecule has 0 fully saturated rings. The summed E-state index contributed by atoms with van der Waals surface area (Å²) in [7, 11) is -3.07. The minimum absolute atomic E-state index is 0.0111. The van der Waals surface area contributed by atoms with Gasteiger partial charge in [-0.25, -0.2) is 17.8 Å². The number of ether oxygens (including phenoxy) is 3. The van der Waals surface area contributed by atoms with Gasteiger partial charge in [-0.15, -0.1) is 0 Å². The molecule has 0 amide bonds. The van der Waals surface area contributed by atoms with Gasteiger partial charge in [0, 0.05) is 30.4 Å². The van der Waals surface area contributed by atoms with Gasteiger partial charge in [-0.05, 0) is 64.2 Å². The second-order valence-electron chi connectivity index (χ2n) is 10.8. The van der Waals surface area contributed by atoms with E-state index in [0.29, 0.717) is 42.7 Å². The number of benzene rings is 2. The Hall–Kier alpha value is -2.83. The molecule has 11 heteroatoms. The Kier molecular flexibility index (Phi) is 9.05. The molecule has 0 aromatic heterocycles. The molecule has 4 atom stereocenters. The van der Waals surface area contributed by atoms with Crippen LogP contribution >= 0.6 is 15.9 Å². The van der Waals surface area contributed by atoms with E-state index < -0.39 is 31.8 Å². The molecule has 3 N–H and O–H groups in total. The fourth-order valence-electron chi connectivity index (χ4n) is 5.45. The number of fused-ring (bicyclic) bond motifs is 1. The lowest BCUT2D eigenvalue weighted by atomic mass is 9.79. The molecule has 0 bridgehead atoms. The average Bonchev–Trinajstić information content (AvgIpc) is 3.44. The molecule has 0 saturated heterocycles. The van der Waals surface area contributed by atoms with E-state index in [0.717, 1.165) is 11.1 Å². The van der Waals surface area contributed by atoms with Crippen molar-refractivity contribution >= 4 is 37.8 Å². The number of rotatable bonds is 12. The normalized spacial score (nSPS) is 28.2. The second kappa shape index (κ2) is 12.4. The van der Waals surface area contributed by atoms with Crippen LogP contribution in [0.15, 0.2) is 89.7 Å². The summed E-state index contributed by atoms with van der Waals surface area (Å²) in [5.41, 5.74) is 8.78. The Bertz CT molecular complexity index is 1500. The number of hydrogen-bond acceptors (Lipinski definition) is 8. The van der Waals surface area contributed by atoms with Gasteiger partial charge in [0.05, 0.1) is 37.3 Å². The molecule has 2 aromatic carbocycles. The number of allylic oxidation sites excluding steroid dienone is 2. The van der Waals surface area contributed by atoms with Crippen molar-refractivity contribution in [2.75, 3.05) is 25.2 Å². The Morgan fingerprint density at radius 3 is 2.76 bits per heavy atom. The quantitative estimate of drug-likeness (QED) is 0.239. The summed E-state index contributed by atoms with van der Waals surface area (Å²) >= 11 is 3.23. The molecular formula is C31H35BrFN3O5S. The molecule has 42 heavy (non-hydrogen) atoms. The molecule has 0 radical (unpaired) electrons. The maximum atomic E-state index is 15.9. The highest BCUT2D eigenvalue weighted by molar-refractivity contribution is 9.10. The maximum Gasteiger partial charge on any atom is 0.213 e. The van der Waals surface area contributed by atoms with Crippen molar-refractivity contribution in [1.29, 1.82) is 0 Å². The first kappa shape index (κ1) is 30.6. The van der Waals surface area contributed by atoms with Crippen molar-refractivity contribution in [2.24, 2.45) is 10.7 Å². The highest BCUT2D eigenvalue weighted by Gasteiger charge is 2.49. The van der Waals surface area contributed by atoms with Crippen molar-refractivity contribution in [1.82, 2.24) is 5.32 Å². The van der Waals surface area contributed by atoms with Crippen molar-refractivity contribution in [3.8, 4) is 0 Å². The Labute approximate surface area is 254 Å². The molecule has 0 spiro atoms. The monoisotopic (exact) mass is 659 g/mol. The van der Waals surface area contributed by atoms with Crippen LogP contribution in [0.2, 0.25) is 0 Å². The zero-order valence-corrected chi connectivity index (χ0v) is 25.7. The van der Waals surface area contributed by atoms with E-state index in [1.165, 1.54) is 18.7 Å². The molecule has 2 heterocycles. The standard InChI is InChI=1S/C31H35BrFN3O5S/c1-42(37,38)19-18-39-16-6-13-29(14-7-17-41-29)24-11-12-27-26(20-24)31(34,36-22-35-27)25-10-5-15-30(32,33)28(25)40-21-23-8-3-2-4-9-23/h2-5,7-12,15,17,20,22,28H,6,13-14,16,18-19,21,34H2,1H3,(H,35,36). The fourth-order valence-corrected chi connectivity index (χ4v) is 6.40. The van der Waals surface area contributed by atoms with E-state index in [1.807, 2.05) is 54.6 Å². The van der Waals surface area contributed by atoms with Gasteiger partial charge >= 0.3 is 0 Å². The molecule has 0 saturated carbocycles. The Morgan fingerprint density at radius 2 is 2.02 bits per heavy atom. The highest BCUT2D eigenvalue weighted by Crippen LogP contribution is 2.47. The van der Waals surface area contributed by atoms with E-state index in [2.05, 4.69) is 26.2 Å². The fraction of sp³-hybridized carbons (Fsp3) is 0.387. The molecule has 5 rings (SSSR count). The number of aliphatic imine (C=N–C) groups is 1. The molecule has 1 aliphatic carbocycles. The smallest absolute Gasteiger partial charge is 0.213 e. The van der Waals surface area contributed by atoms with Crippen LogP contribution in [-0.2, 0) is 41.9 Å². The van der Waals surface area contributed by atoms with Crippen LogP contribution in [0.1, 0.15) is 36.0 Å². The number of halogens is 2. The first-order chi connectivity index (χ1) is 20.0. The third-order valence-corrected chi connectivity index (χ3v) is 9.28. The number of sulfone groups is 1. The van der Waals surface area contributed by atoms with Gasteiger partial charge in [0.2, 0.25) is 4.58 Å². The lowest BCUT2D eigenvalue weighted by Crippen LogP contribution is -2.58. The predicted octanol–water partition coefficient (Wildman–Crippen LogP) is 5.17. The van der Waals surface area contributed by atoms with Crippen LogP contribution in [0.3, 0.4) is 0 Å². The van der Waals surface area contributed by atoms with Crippen molar-refractivity contribution in [3.63, 3.8) is 0 Å². The van der Waals surface area contributed by atoms with Crippen molar-refractivity contribution in [2.45, 2.75) is 47.8 Å². The van der Waals surface area contributed by atoms with Gasteiger partial charge in [0.25, 0.3) is 0 Å². The number of alkyl halides is 2. The van der Waals surface area contributed by atoms with Gasteiger partial charge in [0.1, 0.15) is 27.2 Å². The minimum atomic E-state index is -3.07. The third kappa shape index (κ3) is 6.70. The van der Waals surface area contributed by atoms with E-state index in [4.69, 9.17) is 19.9 Å². The van der Waals surface area contributed by atoms with Crippen molar-refractivity contribution < 1.29 is 27.0 Å². The van der Waals surface area contributed by atoms with Gasteiger partial charge in [-0.1, -0.05) is 48.6 Å². The zero-order valence-electron chi connectivity index (χ0n) is 23.3. The molecule has 2 aliphatic heterocycles. The van der Waals surface area contributed by atoms with Crippen LogP contribution in [0.25, 0.3) is 0 Å². The highest BCUT2D eigenvalue weighted by atomic mass is 79.9. The molecule has 2 aromatic rings. The Balaban J connectivity index is 1.40. The largest absolute Gasteiger partial charge is 0.490 e. The first-order valence-corrected chi connectivity index (χ1v) is 16.6. The molecule has 224 valence electrons. The molecular weight excluding hydrogens is 625 g/mol. The van der Waals surface area contributed by atoms with Crippen LogP contribution in [0.5, 0.6) is 0 Å². The van der Waals surface area contributed by atoms with E-state index in [-0.39, 0.29) is 19.0 Å². The number of hydrogen-bond donors (Lipinski definition) is 2. The zero-order chi connectivity index (χ0) is 29.8. The predicted molar refractivity (Wildman–Crippen MR) is 165 cm³/mol.